The minimum Gasteiger partial charge on any atom is -0.507 e. The van der Waals surface area contributed by atoms with Crippen molar-refractivity contribution in [2.75, 3.05) is 0 Å². The maximum absolute atomic E-state index is 9.54. The molecule has 6 aromatic rings. The second kappa shape index (κ2) is 21.9. The third-order valence-electron chi connectivity index (χ3n) is 6.58. The fraction of sp³-hybridized carbons (Fsp3) is 0. The van der Waals surface area contributed by atoms with Gasteiger partial charge in [0.25, 0.3) is 0 Å². The van der Waals surface area contributed by atoms with Gasteiger partial charge in [0.2, 0.25) is 0 Å². The van der Waals surface area contributed by atoms with Crippen LogP contribution in [0.3, 0.4) is 0 Å². The molecule has 0 aromatic heterocycles. The van der Waals surface area contributed by atoms with Crippen LogP contribution in [0.2, 0.25) is 0 Å². The van der Waals surface area contributed by atoms with Gasteiger partial charge in [0.05, 0.1) is 0 Å². The van der Waals surface area contributed by atoms with Crippen LogP contribution in [0.4, 0.5) is 0 Å². The van der Waals surface area contributed by atoms with Gasteiger partial charge in [-0.15, -0.1) is 0 Å². The van der Waals surface area contributed by atoms with Crippen molar-refractivity contribution in [3.63, 3.8) is 0 Å². The number of hydrogen-bond acceptors (Lipinski definition) is 6. The lowest BCUT2D eigenvalue weighted by Crippen LogP contribution is -1.73. The maximum Gasteiger partial charge on any atom is 0.324 e. The molecule has 0 aliphatic rings. The highest BCUT2D eigenvalue weighted by molar-refractivity contribution is 7.38. The van der Waals surface area contributed by atoms with E-state index in [0.29, 0.717) is 17.2 Å². The summed E-state index contributed by atoms with van der Waals surface area (Å²) in [6.07, 6.45) is 11.7. The van der Waals surface area contributed by atoms with Gasteiger partial charge in [-0.1, -0.05) is 182 Å². The maximum atomic E-state index is 9.54. The molecule has 0 saturated carbocycles. The third kappa shape index (κ3) is 15.6. The number of hydrogen-bond donors (Lipinski definition) is 6. The van der Waals surface area contributed by atoms with Crippen LogP contribution in [0.1, 0.15) is 33.4 Å². The van der Waals surface area contributed by atoms with Crippen molar-refractivity contribution in [3.05, 3.63) is 197 Å². The quantitative estimate of drug-likeness (QED) is 0.0775. The molecule has 7 heteroatoms. The monoisotopic (exact) mass is 670 g/mol. The van der Waals surface area contributed by atoms with Gasteiger partial charge in [-0.05, 0) is 34.9 Å². The van der Waals surface area contributed by atoms with Gasteiger partial charge in [-0.25, -0.2) is 0 Å². The van der Waals surface area contributed by atoms with Crippen LogP contribution in [-0.2, 0) is 0 Å². The highest BCUT2D eigenvalue weighted by Gasteiger charge is 1.95. The molecule has 0 atom stereocenters. The van der Waals surface area contributed by atoms with E-state index < -0.39 is 8.60 Å². The predicted octanol–water partition coefficient (Wildman–Crippen LogP) is 9.88. The fourth-order valence-electron chi connectivity index (χ4n) is 4.14. The van der Waals surface area contributed by atoms with Crippen LogP contribution in [0.15, 0.2) is 164 Å². The van der Waals surface area contributed by atoms with E-state index in [1.165, 1.54) is 0 Å². The lowest BCUT2D eigenvalue weighted by Gasteiger charge is -1.97. The van der Waals surface area contributed by atoms with Crippen molar-refractivity contribution in [2.45, 2.75) is 0 Å². The summed E-state index contributed by atoms with van der Waals surface area (Å²) in [5.41, 5.74) is 5.88. The summed E-state index contributed by atoms with van der Waals surface area (Å²) in [5.74, 6) is 0.930. The highest BCUT2D eigenvalue weighted by Crippen LogP contribution is 2.20. The molecule has 0 amide bonds. The Kier molecular flexibility index (Phi) is 16.9. The Balaban J connectivity index is 0.000000188. The van der Waals surface area contributed by atoms with Crippen molar-refractivity contribution >= 4 is 45.1 Å². The molecule has 0 spiro atoms. The van der Waals surface area contributed by atoms with Gasteiger partial charge in [0.15, 0.2) is 0 Å². The molecule has 0 radical (unpaired) electrons. The summed E-state index contributed by atoms with van der Waals surface area (Å²) in [4.78, 5) is 21.7. The second-order valence-corrected chi connectivity index (χ2v) is 10.7. The first-order valence-electron chi connectivity index (χ1n) is 15.2. The number of phenolic OH excluding ortho intramolecular Hbond substituents is 3. The van der Waals surface area contributed by atoms with E-state index in [2.05, 4.69) is 0 Å². The van der Waals surface area contributed by atoms with Crippen LogP contribution < -0.4 is 0 Å². The normalized spacial score (nSPS) is 10.5. The van der Waals surface area contributed by atoms with Gasteiger partial charge >= 0.3 is 8.60 Å². The van der Waals surface area contributed by atoms with Crippen LogP contribution in [0.5, 0.6) is 17.2 Å². The molecule has 0 heterocycles. The number of benzene rings is 6. The van der Waals surface area contributed by atoms with E-state index in [1.807, 2.05) is 182 Å². The molecule has 49 heavy (non-hydrogen) atoms. The van der Waals surface area contributed by atoms with E-state index >= 15 is 0 Å². The average Bonchev–Trinajstić information content (AvgIpc) is 3.12. The molecule has 0 bridgehead atoms. The number of rotatable bonds is 6. The Bertz CT molecular complexity index is 1650. The van der Waals surface area contributed by atoms with Crippen LogP contribution in [0.25, 0.3) is 36.5 Å². The summed E-state index contributed by atoms with van der Waals surface area (Å²) in [6.45, 7) is 0. The van der Waals surface area contributed by atoms with Gasteiger partial charge in [0.1, 0.15) is 17.2 Å². The minimum atomic E-state index is -2.62. The van der Waals surface area contributed by atoms with Gasteiger partial charge in [0, 0.05) is 16.7 Å². The highest BCUT2D eigenvalue weighted by atomic mass is 31.2. The molecule has 0 saturated heterocycles. The first-order chi connectivity index (χ1) is 23.8. The Hall–Kier alpha value is -5.75. The zero-order valence-electron chi connectivity index (χ0n) is 26.7. The molecule has 0 aliphatic carbocycles. The molecular weight excluding hydrogens is 631 g/mol. The lowest BCUT2D eigenvalue weighted by molar-refractivity contribution is 0.368. The van der Waals surface area contributed by atoms with Crippen LogP contribution in [0, 0.1) is 0 Å². The molecular formula is C42H39O6P. The summed E-state index contributed by atoms with van der Waals surface area (Å²) >= 11 is 0. The Labute approximate surface area is 288 Å². The minimum absolute atomic E-state index is 0.310. The van der Waals surface area contributed by atoms with Crippen LogP contribution in [-0.4, -0.2) is 30.0 Å². The smallest absolute Gasteiger partial charge is 0.324 e. The van der Waals surface area contributed by atoms with E-state index in [-0.39, 0.29) is 0 Å². The largest absolute Gasteiger partial charge is 0.507 e. The SMILES string of the molecule is OP(O)O.Oc1ccccc1C=Cc1ccccc1.Oc1ccccc1C=Cc1ccccc1.Oc1ccccc1C=Cc1ccccc1. The topological polar surface area (TPSA) is 121 Å². The number of para-hydroxylation sites is 3. The Morgan fingerprint density at radius 1 is 0.286 bits per heavy atom. The van der Waals surface area contributed by atoms with Crippen molar-refractivity contribution in [1.82, 2.24) is 0 Å². The zero-order valence-corrected chi connectivity index (χ0v) is 27.6. The van der Waals surface area contributed by atoms with Crippen molar-refractivity contribution in [1.29, 1.82) is 0 Å². The van der Waals surface area contributed by atoms with Gasteiger partial charge < -0.3 is 30.0 Å². The van der Waals surface area contributed by atoms with Crippen molar-refractivity contribution in [3.8, 4) is 17.2 Å². The Morgan fingerprint density at radius 2 is 0.490 bits per heavy atom. The molecule has 6 nitrogen and oxygen atoms in total. The number of phenols is 3. The van der Waals surface area contributed by atoms with E-state index in [4.69, 9.17) is 14.7 Å². The predicted molar refractivity (Wildman–Crippen MR) is 204 cm³/mol. The van der Waals surface area contributed by atoms with E-state index in [0.717, 1.165) is 33.4 Å². The van der Waals surface area contributed by atoms with Crippen LogP contribution >= 0.6 is 8.60 Å². The number of aromatic hydroxyl groups is 3. The summed E-state index contributed by atoms with van der Waals surface area (Å²) in [6, 6.07) is 51.9. The standard InChI is InChI=1S/3C14H12O.H3O3P/c3*15-14-9-5-4-8-13(14)11-10-12-6-2-1-3-7-12;1-4(2)3/h3*1-11,15H;1-3H. The summed E-state index contributed by atoms with van der Waals surface area (Å²) in [7, 11) is -2.62. The zero-order chi connectivity index (χ0) is 35.1. The van der Waals surface area contributed by atoms with Gasteiger partial charge in [-0.2, -0.15) is 0 Å². The first-order valence-corrected chi connectivity index (χ1v) is 16.4. The second-order valence-electron chi connectivity index (χ2n) is 10.2. The third-order valence-corrected chi connectivity index (χ3v) is 6.58. The molecule has 0 unspecified atom stereocenters. The van der Waals surface area contributed by atoms with Crippen molar-refractivity contribution < 1.29 is 30.0 Å². The summed E-state index contributed by atoms with van der Waals surface area (Å²) < 4.78 is 0. The molecule has 6 N–H and O–H groups in total. The molecule has 248 valence electrons. The molecule has 6 rings (SSSR count). The lowest BCUT2D eigenvalue weighted by atomic mass is 10.1. The molecule has 0 fully saturated rings. The van der Waals surface area contributed by atoms with E-state index in [9.17, 15) is 15.3 Å². The Morgan fingerprint density at radius 3 is 0.714 bits per heavy atom. The van der Waals surface area contributed by atoms with E-state index in [1.54, 1.807) is 18.2 Å². The van der Waals surface area contributed by atoms with Crippen molar-refractivity contribution in [2.24, 2.45) is 0 Å². The van der Waals surface area contributed by atoms with Gasteiger partial charge in [-0.3, -0.25) is 0 Å². The summed E-state index contributed by atoms with van der Waals surface area (Å²) in [5, 5.41) is 28.6. The first kappa shape index (κ1) is 37.7. The molecule has 0 aliphatic heterocycles. The average molecular weight is 671 g/mol. The molecule has 6 aromatic carbocycles. The fourth-order valence-corrected chi connectivity index (χ4v) is 4.14.